The standard InChI is InChI=1S/CHNO.O.Ti/c2-1-3;;/h2H;;. The van der Waals surface area contributed by atoms with Gasteiger partial charge in [0.05, 0.1) is 0 Å². The van der Waals surface area contributed by atoms with Crippen LogP contribution in [0.5, 0.6) is 0 Å². The average molecular weight is 107 g/mol. The monoisotopic (exact) mass is 107 g/mol. The molecule has 0 radical (unpaired) electrons. The van der Waals surface area contributed by atoms with Gasteiger partial charge in [0.2, 0.25) is 6.08 Å². The fourth-order valence-electron chi connectivity index (χ4n) is 0. The minimum atomic E-state index is 0.750. The van der Waals surface area contributed by atoms with Gasteiger partial charge >= 0.3 is 23.7 Å². The van der Waals surface area contributed by atoms with Crippen molar-refractivity contribution in [3.8, 4) is 0 Å². The third-order valence-electron chi connectivity index (χ3n) is 0. The molecular formula is CHNO2Ti. The van der Waals surface area contributed by atoms with Crippen molar-refractivity contribution in [3.63, 3.8) is 0 Å². The molecule has 0 aromatic carbocycles. The maximum atomic E-state index is 8.35. The fourth-order valence-corrected chi connectivity index (χ4v) is 0. The van der Waals surface area contributed by atoms with Gasteiger partial charge in [0.1, 0.15) is 0 Å². The van der Waals surface area contributed by atoms with Crippen LogP contribution in [0.1, 0.15) is 0 Å². The normalized spacial score (nSPS) is 2.20. The van der Waals surface area contributed by atoms with Crippen molar-refractivity contribution in [1.82, 2.24) is 0 Å². The summed E-state index contributed by atoms with van der Waals surface area (Å²) in [6.45, 7) is 0. The summed E-state index contributed by atoms with van der Waals surface area (Å²) in [5.41, 5.74) is 0. The molecule has 26 valence electrons. The van der Waals surface area contributed by atoms with Crippen LogP contribution in [-0.4, -0.2) is 6.08 Å². The first kappa shape index (κ1) is 8.86. The van der Waals surface area contributed by atoms with Crippen LogP contribution < -0.4 is 0 Å². The Bertz CT molecular complexity index is 38.9. The predicted octanol–water partition coefficient (Wildman–Crippen LogP) is -0.220. The van der Waals surface area contributed by atoms with E-state index < -0.39 is 0 Å². The van der Waals surface area contributed by atoms with E-state index in [0.29, 0.717) is 0 Å². The molecule has 0 unspecified atom stereocenters. The first-order chi connectivity index (χ1) is 2.41. The number of isocyanates is 1. The molecule has 0 spiro atoms. The van der Waals surface area contributed by atoms with Gasteiger partial charge in [-0.15, -0.1) is 0 Å². The van der Waals surface area contributed by atoms with E-state index in [0.717, 1.165) is 26.5 Å². The molecule has 1 N–H and O–H groups in total. The number of hydrogen-bond donors (Lipinski definition) is 1. The molecule has 0 fully saturated rings. The molecule has 0 saturated carbocycles. The van der Waals surface area contributed by atoms with E-state index >= 15 is 0 Å². The fraction of sp³-hybridized carbons (Fsp3) is 0. The summed E-state index contributed by atoms with van der Waals surface area (Å²) in [5, 5.41) is 5.40. The zero-order chi connectivity index (χ0) is 4.71. The number of rotatable bonds is 0. The third kappa shape index (κ3) is 1250. The average Bonchev–Trinajstić information content (AvgIpc) is 1.46. The quantitative estimate of drug-likeness (QED) is 0.264. The van der Waals surface area contributed by atoms with Crippen LogP contribution >= 0.6 is 0 Å². The van der Waals surface area contributed by atoms with Gasteiger partial charge in [0.25, 0.3) is 0 Å². The van der Waals surface area contributed by atoms with Gasteiger partial charge in [0, 0.05) is 0 Å². The van der Waals surface area contributed by atoms with Crippen molar-refractivity contribution >= 4 is 6.08 Å². The van der Waals surface area contributed by atoms with Crippen molar-refractivity contribution < 1.29 is 28.5 Å². The molecule has 0 aliphatic rings. The van der Waals surface area contributed by atoms with Crippen molar-refractivity contribution in [2.75, 3.05) is 0 Å². The van der Waals surface area contributed by atoms with Gasteiger partial charge in [-0.05, 0) is 0 Å². The maximum absolute atomic E-state index is 8.35. The molecule has 0 saturated heterocycles. The van der Waals surface area contributed by atoms with Crippen LogP contribution in [-0.2, 0) is 28.5 Å². The van der Waals surface area contributed by atoms with Crippen molar-refractivity contribution in [2.45, 2.75) is 0 Å². The van der Waals surface area contributed by atoms with E-state index in [2.05, 4.69) is 0 Å². The Morgan fingerprint density at radius 1 is 1.60 bits per heavy atom. The molecule has 5 heavy (non-hydrogen) atoms. The van der Waals surface area contributed by atoms with Gasteiger partial charge in [0.15, 0.2) is 0 Å². The Labute approximate surface area is 40.6 Å². The van der Waals surface area contributed by atoms with Crippen molar-refractivity contribution in [2.24, 2.45) is 0 Å². The van der Waals surface area contributed by atoms with Gasteiger partial charge in [-0.1, -0.05) is 0 Å². The topological polar surface area (TPSA) is 58.0 Å². The molecule has 0 rings (SSSR count). The van der Waals surface area contributed by atoms with E-state index in [1.165, 1.54) is 0 Å². The molecule has 0 heterocycles. The van der Waals surface area contributed by atoms with Crippen LogP contribution in [0.3, 0.4) is 0 Å². The molecular weight excluding hydrogens is 106 g/mol. The van der Waals surface area contributed by atoms with Crippen LogP contribution in [0, 0.1) is 5.41 Å². The Morgan fingerprint density at radius 3 is 1.60 bits per heavy atom. The summed E-state index contributed by atoms with van der Waals surface area (Å²) in [7, 11) is 0. The van der Waals surface area contributed by atoms with Gasteiger partial charge in [-0.2, -0.15) is 0 Å². The first-order valence-electron chi connectivity index (χ1n) is 0.658. The molecule has 0 aliphatic carbocycles. The van der Waals surface area contributed by atoms with E-state index in [1.807, 2.05) is 0 Å². The van der Waals surface area contributed by atoms with Crippen LogP contribution in [0.25, 0.3) is 0 Å². The van der Waals surface area contributed by atoms with Crippen LogP contribution in [0.4, 0.5) is 0 Å². The molecule has 0 bridgehead atoms. The van der Waals surface area contributed by atoms with Crippen LogP contribution in [0.2, 0.25) is 0 Å². The molecule has 0 aromatic heterocycles. The summed E-state index contributed by atoms with van der Waals surface area (Å²) in [6.07, 6.45) is 0.750. The van der Waals surface area contributed by atoms with Crippen molar-refractivity contribution in [3.05, 3.63) is 0 Å². The minimum absolute atomic E-state index is 0.750. The summed E-state index contributed by atoms with van der Waals surface area (Å²) >= 11 is 0.750. The van der Waals surface area contributed by atoms with E-state index in [1.54, 1.807) is 0 Å². The second-order valence-corrected chi connectivity index (χ2v) is 0.102. The zero-order valence-electron chi connectivity index (χ0n) is 2.32. The van der Waals surface area contributed by atoms with Crippen LogP contribution in [0.15, 0.2) is 0 Å². The Morgan fingerprint density at radius 2 is 1.60 bits per heavy atom. The summed E-state index contributed by atoms with van der Waals surface area (Å²) < 4.78 is 8.25. The molecule has 4 heteroatoms. The van der Waals surface area contributed by atoms with E-state index in [4.69, 9.17) is 13.5 Å². The molecule has 0 aromatic rings. The van der Waals surface area contributed by atoms with E-state index in [9.17, 15) is 0 Å². The molecule has 0 amide bonds. The zero-order valence-corrected chi connectivity index (χ0v) is 3.88. The number of nitrogens with one attached hydrogen (secondary N) is 1. The molecule has 3 nitrogen and oxygen atoms in total. The summed E-state index contributed by atoms with van der Waals surface area (Å²) in [5.74, 6) is 0. The van der Waals surface area contributed by atoms with E-state index in [-0.39, 0.29) is 0 Å². The number of carbonyl (C=O) groups excluding carboxylic acids is 1. The first-order valence-corrected chi connectivity index (χ1v) is 1.30. The summed E-state index contributed by atoms with van der Waals surface area (Å²) in [4.78, 5) is 8.35. The number of hydrogen-bond acceptors (Lipinski definition) is 3. The Kier molecular flexibility index (Phi) is 72.3. The third-order valence-corrected chi connectivity index (χ3v) is 0. The predicted molar refractivity (Wildman–Crippen MR) is 9.10 cm³/mol. The van der Waals surface area contributed by atoms with Crippen molar-refractivity contribution in [1.29, 1.82) is 5.41 Å². The van der Waals surface area contributed by atoms with Gasteiger partial charge in [-0.25, -0.2) is 10.2 Å². The SMILES string of the molecule is N=C=O.[O]=[Ti]. The summed E-state index contributed by atoms with van der Waals surface area (Å²) in [6, 6.07) is 0. The second-order valence-electron chi connectivity index (χ2n) is 0.102. The Hall–Kier alpha value is -0.106. The van der Waals surface area contributed by atoms with Gasteiger partial charge in [-0.3, -0.25) is 0 Å². The van der Waals surface area contributed by atoms with Gasteiger partial charge < -0.3 is 0 Å². The molecule has 0 aliphatic heterocycles. The molecule has 0 atom stereocenters. The Balaban J connectivity index is 0. The second kappa shape index (κ2) is 40.8.